The minimum absolute atomic E-state index is 0. The second-order valence-corrected chi connectivity index (χ2v) is 20.4. The molecule has 42 heavy (non-hydrogen) atoms. The molecule has 2 saturated heterocycles. The van der Waals surface area contributed by atoms with Crippen LogP contribution in [-0.4, -0.2) is 77.7 Å². The van der Waals surface area contributed by atoms with E-state index in [1.807, 2.05) is 13.8 Å². The Morgan fingerprint density at radius 2 is 0.976 bits per heavy atom. The molecule has 2 aliphatic heterocycles. The van der Waals surface area contributed by atoms with Crippen LogP contribution >= 0.6 is 40.4 Å². The van der Waals surface area contributed by atoms with Crippen LogP contribution in [0.2, 0.25) is 0 Å². The third-order valence-corrected chi connectivity index (χ3v) is 6.37. The maximum Gasteiger partial charge on any atom is 3.00 e. The number of aromatic nitrogens is 4. The summed E-state index contributed by atoms with van der Waals surface area (Å²) in [5.74, 6) is 0. The van der Waals surface area contributed by atoms with Crippen LogP contribution < -0.4 is 0 Å². The molecule has 0 spiro atoms. The smallest absolute Gasteiger partial charge is 3.00 e. The first-order valence-electron chi connectivity index (χ1n) is 12.7. The van der Waals surface area contributed by atoms with Gasteiger partial charge in [-0.05, 0) is 52.4 Å². The van der Waals surface area contributed by atoms with Crippen LogP contribution in [0.25, 0.3) is 0 Å². The fourth-order valence-electron chi connectivity index (χ4n) is 3.61. The maximum absolute atomic E-state index is 5.26. The third kappa shape index (κ3) is 17.4. The summed E-state index contributed by atoms with van der Waals surface area (Å²) in [5, 5.41) is 17.6. The van der Waals surface area contributed by atoms with E-state index in [2.05, 4.69) is 50.1 Å². The van der Waals surface area contributed by atoms with Crippen molar-refractivity contribution in [2.24, 2.45) is 20.4 Å². The van der Waals surface area contributed by atoms with E-state index in [-0.39, 0.29) is 17.1 Å². The Balaban J connectivity index is 0.000000355. The topological polar surface area (TPSA) is 107 Å². The van der Waals surface area contributed by atoms with E-state index in [0.29, 0.717) is 10.3 Å². The summed E-state index contributed by atoms with van der Waals surface area (Å²) < 4.78 is 0. The summed E-state index contributed by atoms with van der Waals surface area (Å²) in [6.45, 7) is 7.66. The molecule has 0 atom stereocenters. The van der Waals surface area contributed by atoms with Gasteiger partial charge in [0, 0.05) is 61.3 Å². The van der Waals surface area contributed by atoms with Crippen LogP contribution in [0.1, 0.15) is 63.8 Å². The Hall–Kier alpha value is -0.921. The molecule has 2 aromatic heterocycles. The van der Waals surface area contributed by atoms with E-state index in [4.69, 9.17) is 65.6 Å². The molecule has 0 aromatic carbocycles. The number of piperidine rings is 2. The third-order valence-electron chi connectivity index (χ3n) is 5.69. The summed E-state index contributed by atoms with van der Waals surface area (Å²) in [4.78, 5) is 20.5. The van der Waals surface area contributed by atoms with E-state index >= 15 is 0 Å². The van der Waals surface area contributed by atoms with Gasteiger partial charge in [0.2, 0.25) is 0 Å². The van der Waals surface area contributed by atoms with Crippen molar-refractivity contribution >= 4 is 87.4 Å². The Morgan fingerprint density at radius 3 is 1.26 bits per heavy atom. The number of hydrogen-bond acceptors (Lipinski definition) is 10. The maximum atomic E-state index is 5.26. The van der Waals surface area contributed by atoms with Gasteiger partial charge in [-0.25, -0.2) is 0 Å². The Labute approximate surface area is 288 Å². The van der Waals surface area contributed by atoms with Crippen molar-refractivity contribution in [3.05, 3.63) is 48.6 Å². The van der Waals surface area contributed by atoms with Crippen molar-refractivity contribution in [1.29, 1.82) is 0 Å². The Kier molecular flexibility index (Phi) is 20.2. The van der Waals surface area contributed by atoms with Crippen molar-refractivity contribution in [3.63, 3.8) is 0 Å². The molecular formula is C24H32Cl4Fe2N10S2. The molecule has 0 amide bonds. The largest absolute Gasteiger partial charge is 3.00 e. The molecule has 0 bridgehead atoms. The van der Waals surface area contributed by atoms with Crippen LogP contribution in [0.4, 0.5) is 0 Å². The van der Waals surface area contributed by atoms with Gasteiger partial charge in [0.25, 0.3) is 0 Å². The Morgan fingerprint density at radius 1 is 0.643 bits per heavy atom. The fourth-order valence-corrected chi connectivity index (χ4v) is 4.05. The molecule has 18 heteroatoms. The number of nitrogens with zero attached hydrogens (tertiary/aromatic N) is 10. The van der Waals surface area contributed by atoms with Crippen molar-refractivity contribution < 1.29 is 26.3 Å². The van der Waals surface area contributed by atoms with Crippen LogP contribution in [-0.2, 0) is 51.5 Å². The van der Waals surface area contributed by atoms with Crippen LogP contribution in [0, 0.1) is 0 Å². The average molecular weight is 778 g/mol. The summed E-state index contributed by atoms with van der Waals surface area (Å²) in [6, 6.07) is 0. The van der Waals surface area contributed by atoms with Crippen LogP contribution in [0.5, 0.6) is 0 Å². The first-order valence-corrected chi connectivity index (χ1v) is 19.6. The minimum Gasteiger partial charge on any atom is 3.00 e. The molecule has 2 aliphatic rings. The molecular weight excluding hydrogens is 746 g/mol. The quantitative estimate of drug-likeness (QED) is 0.124. The van der Waals surface area contributed by atoms with Gasteiger partial charge in [-0.1, -0.05) is 0 Å². The van der Waals surface area contributed by atoms with Gasteiger partial charge in [0.1, 0.15) is 11.4 Å². The normalized spacial score (nSPS) is 17.2. The van der Waals surface area contributed by atoms with E-state index in [9.17, 15) is 0 Å². The fraction of sp³-hybridized carbons (Fsp3) is 0.500. The zero-order valence-electron chi connectivity index (χ0n) is 23.0. The first kappa shape index (κ1) is 39.1. The molecule has 0 saturated carbocycles. The summed E-state index contributed by atoms with van der Waals surface area (Å²) >= 11 is 10.5. The number of rotatable bonds is 4. The second-order valence-electron chi connectivity index (χ2n) is 8.72. The van der Waals surface area contributed by atoms with Gasteiger partial charge in [-0.3, -0.25) is 19.9 Å². The summed E-state index contributed by atoms with van der Waals surface area (Å²) in [6.07, 6.45) is 17.2. The minimum atomic E-state index is -2.61. The zero-order valence-corrected chi connectivity index (χ0v) is 29.9. The van der Waals surface area contributed by atoms with Crippen LogP contribution in [0.3, 0.4) is 0 Å². The van der Waals surface area contributed by atoms with E-state index in [1.54, 1.807) is 37.2 Å². The second kappa shape index (κ2) is 21.7. The van der Waals surface area contributed by atoms with E-state index in [1.165, 1.54) is 38.5 Å². The van der Waals surface area contributed by atoms with Crippen molar-refractivity contribution in [3.8, 4) is 0 Å². The van der Waals surface area contributed by atoms with Crippen molar-refractivity contribution in [1.82, 2.24) is 29.7 Å². The van der Waals surface area contributed by atoms with E-state index < -0.39 is 9.20 Å². The molecule has 2 fully saturated rings. The van der Waals surface area contributed by atoms with Gasteiger partial charge >= 0.3 is 66.7 Å². The predicted octanol–water partition coefficient (Wildman–Crippen LogP) is 5.93. The zero-order chi connectivity index (χ0) is 30.1. The molecule has 0 N–H and O–H groups in total. The molecule has 4 heterocycles. The molecule has 4 rings (SSSR count). The monoisotopic (exact) mass is 776 g/mol. The molecule has 0 unspecified atom stereocenters. The summed E-state index contributed by atoms with van der Waals surface area (Å²) in [7, 11) is 17.2. The first-order chi connectivity index (χ1) is 19.5. The Bertz CT molecular complexity index is 1070. The van der Waals surface area contributed by atoms with E-state index in [0.717, 1.165) is 49.0 Å². The van der Waals surface area contributed by atoms with Crippen LogP contribution in [0.15, 0.2) is 57.6 Å². The van der Waals surface area contributed by atoms with Crippen molar-refractivity contribution in [2.45, 2.75) is 52.4 Å². The number of amidine groups is 2. The average Bonchev–Trinajstić information content (AvgIpc) is 2.99. The SMILES string of the molecule is C/C(=N\N=C(/[S-])N1CCCCC1)c1cnccn1.C/C(=N\N=C(/[S-])N1CCCCC1)c1cnccn1.[Cl][Fe-]([Cl])([Cl])[Cl].[Fe+3]. The van der Waals surface area contributed by atoms with Gasteiger partial charge < -0.3 is 35.1 Å². The van der Waals surface area contributed by atoms with Gasteiger partial charge in [0.15, 0.2) is 0 Å². The molecule has 234 valence electrons. The number of hydrogen-bond donors (Lipinski definition) is 0. The molecule has 10 nitrogen and oxygen atoms in total. The molecule has 2 aromatic rings. The number of halogens is 4. The van der Waals surface area contributed by atoms with Crippen molar-refractivity contribution in [2.75, 3.05) is 26.2 Å². The van der Waals surface area contributed by atoms with Gasteiger partial charge in [-0.15, -0.1) is 0 Å². The molecule has 0 aliphatic carbocycles. The predicted molar refractivity (Wildman–Crippen MR) is 172 cm³/mol. The van der Waals surface area contributed by atoms with Gasteiger partial charge in [0.05, 0.1) is 23.8 Å². The van der Waals surface area contributed by atoms with Gasteiger partial charge in [-0.2, -0.15) is 20.4 Å². The number of likely N-dealkylation sites (tertiary alicyclic amines) is 2. The molecule has 1 radical (unpaired) electrons. The summed E-state index contributed by atoms with van der Waals surface area (Å²) in [5.41, 5.74) is 2.90. The standard InChI is InChI=1S/2C12H17N5S.4ClH.2Fe/c2*1-10(11-9-13-5-6-14-11)15-16-12(18)17-7-3-2-4-8-17;;;;;;/h2*5-6,9H,2-4,7-8H2,1H3,(H,16,18);4*1H;;/q;;;;;;2*+3/p-6/b2*15-10+;;;;;;.